The van der Waals surface area contributed by atoms with Crippen molar-refractivity contribution in [3.63, 3.8) is 0 Å². The van der Waals surface area contributed by atoms with Gasteiger partial charge in [-0.2, -0.15) is 0 Å². The Hall–Kier alpha value is -2.80. The second kappa shape index (κ2) is 6.17. The molecule has 0 bridgehead atoms. The molecule has 1 saturated carbocycles. The number of ether oxygens (including phenoxy) is 2. The van der Waals surface area contributed by atoms with Crippen LogP contribution in [-0.4, -0.2) is 35.0 Å². The van der Waals surface area contributed by atoms with Crippen molar-refractivity contribution in [3.8, 4) is 17.4 Å². The highest BCUT2D eigenvalue weighted by Crippen LogP contribution is 2.41. The number of benzene rings is 1. The lowest BCUT2D eigenvalue weighted by molar-refractivity contribution is 0.0458. The molecule has 1 aromatic carbocycles. The van der Waals surface area contributed by atoms with Crippen LogP contribution in [0.1, 0.15) is 24.8 Å². The zero-order chi connectivity index (χ0) is 18.3. The molecule has 2 aromatic rings. The van der Waals surface area contributed by atoms with Gasteiger partial charge in [-0.25, -0.2) is 9.78 Å². The Morgan fingerprint density at radius 2 is 2.12 bits per heavy atom. The Labute approximate surface area is 151 Å². The number of aromatic nitrogens is 1. The van der Waals surface area contributed by atoms with E-state index in [-0.39, 0.29) is 6.03 Å². The smallest absolute Gasteiger partial charge is 0.324 e. The van der Waals surface area contributed by atoms with Crippen LogP contribution >= 0.6 is 0 Å². The fourth-order valence-electron chi connectivity index (χ4n) is 3.46. The molecule has 0 radical (unpaired) electrons. The van der Waals surface area contributed by atoms with Crippen LogP contribution in [0.5, 0.6) is 17.4 Å². The van der Waals surface area contributed by atoms with E-state index >= 15 is 0 Å². The summed E-state index contributed by atoms with van der Waals surface area (Å²) < 4.78 is 11.0. The number of amides is 2. The predicted molar refractivity (Wildman–Crippen MR) is 95.6 cm³/mol. The largest absolute Gasteiger partial charge is 0.496 e. The second-order valence-corrected chi connectivity index (χ2v) is 6.77. The van der Waals surface area contributed by atoms with Gasteiger partial charge in [0.25, 0.3) is 0 Å². The number of nitrogens with one attached hydrogen (secondary N) is 1. The maximum Gasteiger partial charge on any atom is 0.324 e. The quantitative estimate of drug-likeness (QED) is 0.881. The number of methoxy groups -OCH3 is 1. The molecule has 1 unspecified atom stereocenters. The third kappa shape index (κ3) is 2.64. The van der Waals surface area contributed by atoms with Gasteiger partial charge in [-0.1, -0.05) is 6.07 Å². The van der Waals surface area contributed by atoms with Gasteiger partial charge in [0, 0.05) is 12.1 Å². The minimum Gasteiger partial charge on any atom is -0.496 e. The number of aliphatic hydroxyl groups excluding tert-OH is 1. The highest BCUT2D eigenvalue weighted by atomic mass is 16.5. The van der Waals surface area contributed by atoms with E-state index in [2.05, 4.69) is 10.3 Å². The second-order valence-electron chi connectivity index (χ2n) is 6.77. The fraction of sp³-hybridized carbons (Fsp3) is 0.368. The van der Waals surface area contributed by atoms with E-state index in [9.17, 15) is 9.90 Å². The number of hydrogen-bond acceptors (Lipinski definition) is 5. The lowest BCUT2D eigenvalue weighted by Gasteiger charge is -2.40. The molecule has 1 saturated heterocycles. The molecule has 1 spiro atoms. The first-order valence-electron chi connectivity index (χ1n) is 8.60. The number of aryl methyl sites for hydroxylation is 1. The number of rotatable bonds is 4. The molecular formula is C19H21N3O4. The summed E-state index contributed by atoms with van der Waals surface area (Å²) >= 11 is 0. The Bertz CT molecular complexity index is 833. The van der Waals surface area contributed by atoms with E-state index in [1.54, 1.807) is 25.3 Å². The lowest BCUT2D eigenvalue weighted by atomic mass is 9.76. The van der Waals surface area contributed by atoms with Crippen molar-refractivity contribution in [3.05, 3.63) is 42.1 Å². The van der Waals surface area contributed by atoms with Crippen LogP contribution in [0.15, 0.2) is 36.5 Å². The maximum atomic E-state index is 12.3. The summed E-state index contributed by atoms with van der Waals surface area (Å²) in [7, 11) is 1.61. The normalized spacial score (nSPS) is 20.7. The van der Waals surface area contributed by atoms with Crippen molar-refractivity contribution >= 4 is 11.7 Å². The SMILES string of the molecule is COc1cc(Oc2ccc(N3C(=O)NC4(CCC4)C3O)cn2)ccc1C. The van der Waals surface area contributed by atoms with Gasteiger partial charge in [-0.05, 0) is 43.9 Å². The van der Waals surface area contributed by atoms with Crippen molar-refractivity contribution in [1.29, 1.82) is 0 Å². The van der Waals surface area contributed by atoms with Gasteiger partial charge in [0.05, 0.1) is 24.5 Å². The van der Waals surface area contributed by atoms with Gasteiger partial charge in [-0.3, -0.25) is 4.90 Å². The molecule has 1 aromatic heterocycles. The standard InChI is InChI=1S/C19H21N3O4/c1-12-4-6-14(10-15(12)25-2)26-16-7-5-13(11-20-16)22-17(23)19(8-3-9-19)21-18(22)24/h4-7,10-11,17,23H,3,8-9H2,1-2H3,(H,21,24). The number of pyridine rings is 1. The molecule has 2 amide bonds. The molecule has 2 aliphatic rings. The van der Waals surface area contributed by atoms with Crippen molar-refractivity contribution in [2.24, 2.45) is 0 Å². The molecule has 4 rings (SSSR count). The third-order valence-electron chi connectivity index (χ3n) is 5.16. The van der Waals surface area contributed by atoms with E-state index in [0.717, 1.165) is 30.6 Å². The molecule has 26 heavy (non-hydrogen) atoms. The molecular weight excluding hydrogens is 334 g/mol. The van der Waals surface area contributed by atoms with Gasteiger partial charge in [0.1, 0.15) is 11.5 Å². The van der Waals surface area contributed by atoms with Crippen molar-refractivity contribution in [2.75, 3.05) is 12.0 Å². The minimum absolute atomic E-state index is 0.295. The first kappa shape index (κ1) is 16.7. The Morgan fingerprint density at radius 3 is 2.69 bits per heavy atom. The number of anilines is 1. The summed E-state index contributed by atoms with van der Waals surface area (Å²) in [5.41, 5.74) is 1.04. The predicted octanol–water partition coefficient (Wildman–Crippen LogP) is 2.96. The first-order chi connectivity index (χ1) is 12.5. The number of carbonyl (C=O) groups excluding carboxylic acids is 1. The molecule has 2 fully saturated rings. The van der Waals surface area contributed by atoms with E-state index < -0.39 is 11.8 Å². The van der Waals surface area contributed by atoms with Crippen molar-refractivity contribution < 1.29 is 19.4 Å². The average molecular weight is 355 g/mol. The van der Waals surface area contributed by atoms with Gasteiger partial charge in [0.15, 0.2) is 6.23 Å². The summed E-state index contributed by atoms with van der Waals surface area (Å²) in [5, 5.41) is 13.4. The number of nitrogens with zero attached hydrogens (tertiary/aromatic N) is 2. The van der Waals surface area contributed by atoms with E-state index in [0.29, 0.717) is 17.3 Å². The topological polar surface area (TPSA) is 83.9 Å². The van der Waals surface area contributed by atoms with Crippen LogP contribution in [0.3, 0.4) is 0 Å². The van der Waals surface area contributed by atoms with Gasteiger partial charge in [-0.15, -0.1) is 0 Å². The van der Waals surface area contributed by atoms with Crippen molar-refractivity contribution in [2.45, 2.75) is 38.0 Å². The van der Waals surface area contributed by atoms with Gasteiger partial charge in [0.2, 0.25) is 5.88 Å². The Morgan fingerprint density at radius 1 is 1.31 bits per heavy atom. The highest BCUT2D eigenvalue weighted by molar-refractivity contribution is 5.95. The summed E-state index contributed by atoms with van der Waals surface area (Å²) in [6.45, 7) is 1.96. The number of aliphatic hydroxyl groups is 1. The molecule has 1 atom stereocenters. The minimum atomic E-state index is -0.876. The molecule has 136 valence electrons. The number of urea groups is 1. The molecule has 1 aliphatic carbocycles. The Kier molecular flexibility index (Phi) is 3.96. The molecule has 2 N–H and O–H groups in total. The first-order valence-corrected chi connectivity index (χ1v) is 8.60. The van der Waals surface area contributed by atoms with E-state index in [4.69, 9.17) is 9.47 Å². The van der Waals surface area contributed by atoms with Gasteiger partial charge >= 0.3 is 6.03 Å². The van der Waals surface area contributed by atoms with Crippen LogP contribution in [-0.2, 0) is 0 Å². The van der Waals surface area contributed by atoms with Crippen LogP contribution in [0.25, 0.3) is 0 Å². The summed E-state index contributed by atoms with van der Waals surface area (Å²) in [4.78, 5) is 17.9. The molecule has 2 heterocycles. The van der Waals surface area contributed by atoms with Crippen molar-refractivity contribution in [1.82, 2.24) is 10.3 Å². The summed E-state index contributed by atoms with van der Waals surface area (Å²) in [6.07, 6.45) is 3.25. The van der Waals surface area contributed by atoms with Crippen LogP contribution in [0.4, 0.5) is 10.5 Å². The van der Waals surface area contributed by atoms with Gasteiger partial charge < -0.3 is 19.9 Å². The number of carbonyl (C=O) groups is 1. The summed E-state index contributed by atoms with van der Waals surface area (Å²) in [6, 6.07) is 8.64. The monoisotopic (exact) mass is 355 g/mol. The maximum absolute atomic E-state index is 12.3. The highest BCUT2D eigenvalue weighted by Gasteiger charge is 2.54. The van der Waals surface area contributed by atoms with Crippen LogP contribution in [0.2, 0.25) is 0 Å². The number of hydrogen-bond donors (Lipinski definition) is 2. The van der Waals surface area contributed by atoms with E-state index in [1.807, 2.05) is 19.1 Å². The molecule has 7 nitrogen and oxygen atoms in total. The lowest BCUT2D eigenvalue weighted by Crippen LogP contribution is -2.55. The Balaban J connectivity index is 1.51. The van der Waals surface area contributed by atoms with Crippen LogP contribution < -0.4 is 19.7 Å². The van der Waals surface area contributed by atoms with Crippen LogP contribution in [0, 0.1) is 6.92 Å². The third-order valence-corrected chi connectivity index (χ3v) is 5.16. The zero-order valence-electron chi connectivity index (χ0n) is 14.7. The molecule has 7 heteroatoms. The average Bonchev–Trinajstić information content (AvgIpc) is 2.88. The molecule has 1 aliphatic heterocycles. The summed E-state index contributed by atoms with van der Waals surface area (Å²) in [5.74, 6) is 1.74. The fourth-order valence-corrected chi connectivity index (χ4v) is 3.46. The zero-order valence-corrected chi connectivity index (χ0v) is 14.7. The van der Waals surface area contributed by atoms with E-state index in [1.165, 1.54) is 11.1 Å².